The number of aryl methyl sites for hydroxylation is 2. The van der Waals surface area contributed by atoms with Gasteiger partial charge in [0.15, 0.2) is 5.96 Å². The zero-order chi connectivity index (χ0) is 20.0. The van der Waals surface area contributed by atoms with E-state index in [-0.39, 0.29) is 24.0 Å². The lowest BCUT2D eigenvalue weighted by atomic mass is 9.80. The Morgan fingerprint density at radius 2 is 1.83 bits per heavy atom. The summed E-state index contributed by atoms with van der Waals surface area (Å²) in [7, 11) is 2.00. The minimum absolute atomic E-state index is 0. The molecule has 2 heterocycles. The van der Waals surface area contributed by atoms with Crippen LogP contribution in [0.25, 0.3) is 0 Å². The van der Waals surface area contributed by atoms with Crippen LogP contribution in [0.4, 0.5) is 0 Å². The van der Waals surface area contributed by atoms with Crippen molar-refractivity contribution in [1.29, 1.82) is 0 Å². The highest BCUT2D eigenvalue weighted by molar-refractivity contribution is 14.0. The molecule has 1 aromatic heterocycles. The first-order chi connectivity index (χ1) is 13.6. The Bertz CT molecular complexity index is 662. The van der Waals surface area contributed by atoms with E-state index in [1.807, 2.05) is 11.7 Å². The zero-order valence-corrected chi connectivity index (χ0v) is 21.7. The van der Waals surface area contributed by atoms with Crippen LogP contribution in [-0.2, 0) is 13.6 Å². The van der Waals surface area contributed by atoms with Crippen LogP contribution in [0.5, 0.6) is 0 Å². The average molecular weight is 535 g/mol. The molecule has 1 saturated heterocycles. The van der Waals surface area contributed by atoms with Crippen LogP contribution in [0.3, 0.4) is 0 Å². The van der Waals surface area contributed by atoms with Gasteiger partial charge >= 0.3 is 0 Å². The minimum Gasteiger partial charge on any atom is -0.357 e. The molecular weight excluding hydrogens is 495 g/mol. The maximum atomic E-state index is 4.90. The molecule has 29 heavy (non-hydrogen) atoms. The van der Waals surface area contributed by atoms with Crippen molar-refractivity contribution in [3.63, 3.8) is 0 Å². The minimum atomic E-state index is 0. The molecule has 2 N–H and O–H groups in total. The van der Waals surface area contributed by atoms with Crippen LogP contribution in [-0.4, -0.2) is 63.9 Å². The highest BCUT2D eigenvalue weighted by Crippen LogP contribution is 2.34. The van der Waals surface area contributed by atoms with E-state index in [1.165, 1.54) is 68.0 Å². The van der Waals surface area contributed by atoms with Crippen molar-refractivity contribution in [2.75, 3.05) is 37.7 Å². The second-order valence-electron chi connectivity index (χ2n) is 8.21. The molecule has 1 aliphatic carbocycles. The van der Waals surface area contributed by atoms with Gasteiger partial charge < -0.3 is 10.6 Å². The number of nitrogens with zero attached hydrogens (tertiary/aromatic N) is 4. The lowest BCUT2D eigenvalue weighted by molar-refractivity contribution is 0.0626. The van der Waals surface area contributed by atoms with Gasteiger partial charge in [-0.3, -0.25) is 9.58 Å². The quantitative estimate of drug-likeness (QED) is 0.333. The molecule has 0 bridgehead atoms. The zero-order valence-electron chi connectivity index (χ0n) is 18.6. The van der Waals surface area contributed by atoms with Gasteiger partial charge in [0.25, 0.3) is 0 Å². The normalized spacial score (nSPS) is 20.2. The van der Waals surface area contributed by atoms with Crippen LogP contribution in [0.15, 0.2) is 4.99 Å². The smallest absolute Gasteiger partial charge is 0.191 e. The average Bonchev–Trinajstić information content (AvgIpc) is 2.97. The third-order valence-electron chi connectivity index (χ3n) is 6.45. The van der Waals surface area contributed by atoms with Gasteiger partial charge in [0.1, 0.15) is 0 Å². The second kappa shape index (κ2) is 11.8. The summed E-state index contributed by atoms with van der Waals surface area (Å²) in [5, 5.41) is 11.7. The lowest BCUT2D eigenvalue weighted by Gasteiger charge is -2.48. The van der Waals surface area contributed by atoms with Gasteiger partial charge in [-0.25, -0.2) is 4.99 Å². The van der Waals surface area contributed by atoms with Gasteiger partial charge in [-0.2, -0.15) is 16.9 Å². The van der Waals surface area contributed by atoms with Crippen molar-refractivity contribution in [2.24, 2.45) is 12.0 Å². The number of hydrogen-bond donors (Lipinski definition) is 2. The maximum absolute atomic E-state index is 4.90. The molecule has 6 nitrogen and oxygen atoms in total. The predicted molar refractivity (Wildman–Crippen MR) is 136 cm³/mol. The fraction of sp³-hybridized carbons (Fsp3) is 0.810. The standard InChI is InChI=1S/C21H38N6S.HI/c1-5-22-20(23-15-19-17(2)25-26(4)18(19)3)24-16-21(9-7-6-8-10-21)27-11-13-28-14-12-27;/h5-16H2,1-4H3,(H2,22,23,24);1H. The van der Waals surface area contributed by atoms with Gasteiger partial charge in [0.05, 0.1) is 12.2 Å². The Morgan fingerprint density at radius 1 is 1.14 bits per heavy atom. The maximum Gasteiger partial charge on any atom is 0.191 e. The van der Waals surface area contributed by atoms with E-state index >= 15 is 0 Å². The van der Waals surface area contributed by atoms with E-state index in [9.17, 15) is 0 Å². The van der Waals surface area contributed by atoms with Crippen LogP contribution in [0, 0.1) is 13.8 Å². The third-order valence-corrected chi connectivity index (χ3v) is 7.39. The van der Waals surface area contributed by atoms with E-state index in [1.54, 1.807) is 0 Å². The molecule has 166 valence electrons. The molecule has 0 unspecified atom stereocenters. The summed E-state index contributed by atoms with van der Waals surface area (Å²) in [5.74, 6) is 3.48. The Hall–Kier alpha value is -0.480. The summed E-state index contributed by atoms with van der Waals surface area (Å²) < 4.78 is 1.95. The van der Waals surface area contributed by atoms with Crippen molar-refractivity contribution >= 4 is 41.7 Å². The molecule has 2 fully saturated rings. The Labute approximate surface area is 198 Å². The van der Waals surface area contributed by atoms with Crippen LogP contribution >= 0.6 is 35.7 Å². The van der Waals surface area contributed by atoms with Gasteiger partial charge in [0, 0.05) is 61.5 Å². The molecule has 2 aliphatic rings. The van der Waals surface area contributed by atoms with Crippen LogP contribution in [0.1, 0.15) is 56.0 Å². The predicted octanol–water partition coefficient (Wildman–Crippen LogP) is 3.46. The SMILES string of the molecule is CCNC(=NCc1c(C)nn(C)c1C)NCC1(N2CCSCC2)CCCCC1.I. The molecule has 0 aromatic carbocycles. The lowest BCUT2D eigenvalue weighted by Crippen LogP contribution is -2.59. The van der Waals surface area contributed by atoms with Gasteiger partial charge in [0.2, 0.25) is 0 Å². The molecule has 0 amide bonds. The van der Waals surface area contributed by atoms with E-state index in [4.69, 9.17) is 4.99 Å². The summed E-state index contributed by atoms with van der Waals surface area (Å²) in [6, 6.07) is 0. The number of nitrogens with one attached hydrogen (secondary N) is 2. The molecule has 0 radical (unpaired) electrons. The van der Waals surface area contributed by atoms with E-state index in [0.29, 0.717) is 12.1 Å². The van der Waals surface area contributed by atoms with E-state index in [2.05, 4.69) is 53.2 Å². The van der Waals surface area contributed by atoms with E-state index in [0.717, 1.165) is 24.7 Å². The molecule has 0 spiro atoms. The first kappa shape index (κ1) is 24.8. The fourth-order valence-corrected chi connectivity index (χ4v) is 5.55. The number of thioether (sulfide) groups is 1. The summed E-state index contributed by atoms with van der Waals surface area (Å²) in [5.41, 5.74) is 3.82. The van der Waals surface area contributed by atoms with Crippen molar-refractivity contribution in [2.45, 2.75) is 65.0 Å². The highest BCUT2D eigenvalue weighted by atomic mass is 127. The van der Waals surface area contributed by atoms with Crippen molar-refractivity contribution in [3.8, 4) is 0 Å². The van der Waals surface area contributed by atoms with Crippen molar-refractivity contribution in [3.05, 3.63) is 17.0 Å². The number of rotatable bonds is 6. The molecule has 0 atom stereocenters. The molecule has 1 aliphatic heterocycles. The Kier molecular flexibility index (Phi) is 10.1. The van der Waals surface area contributed by atoms with E-state index < -0.39 is 0 Å². The van der Waals surface area contributed by atoms with Gasteiger partial charge in [-0.15, -0.1) is 24.0 Å². The van der Waals surface area contributed by atoms with Crippen LogP contribution in [0.2, 0.25) is 0 Å². The number of guanidine groups is 1. The first-order valence-electron chi connectivity index (χ1n) is 10.9. The van der Waals surface area contributed by atoms with Gasteiger partial charge in [-0.05, 0) is 33.6 Å². The number of halogens is 1. The van der Waals surface area contributed by atoms with Gasteiger partial charge in [-0.1, -0.05) is 19.3 Å². The monoisotopic (exact) mass is 534 g/mol. The molecule has 8 heteroatoms. The summed E-state index contributed by atoms with van der Waals surface area (Å²) in [6.07, 6.45) is 6.72. The summed E-state index contributed by atoms with van der Waals surface area (Å²) in [4.78, 5) is 7.67. The fourth-order valence-electron chi connectivity index (χ4n) is 4.65. The number of hydrogen-bond acceptors (Lipinski definition) is 4. The Balaban J connectivity index is 0.00000300. The molecular formula is C21H39IN6S. The Morgan fingerprint density at radius 3 is 2.41 bits per heavy atom. The number of aromatic nitrogens is 2. The summed E-state index contributed by atoms with van der Waals surface area (Å²) in [6.45, 7) is 11.3. The molecule has 1 aromatic rings. The molecule has 1 saturated carbocycles. The summed E-state index contributed by atoms with van der Waals surface area (Å²) >= 11 is 2.10. The molecule has 3 rings (SSSR count). The topological polar surface area (TPSA) is 57.5 Å². The largest absolute Gasteiger partial charge is 0.357 e. The highest BCUT2D eigenvalue weighted by Gasteiger charge is 2.38. The number of aliphatic imine (C=N–C) groups is 1. The third kappa shape index (κ3) is 6.26. The first-order valence-corrected chi connectivity index (χ1v) is 12.1. The van der Waals surface area contributed by atoms with Crippen molar-refractivity contribution < 1.29 is 0 Å². The van der Waals surface area contributed by atoms with Crippen molar-refractivity contribution in [1.82, 2.24) is 25.3 Å². The van der Waals surface area contributed by atoms with Crippen LogP contribution < -0.4 is 10.6 Å². The second-order valence-corrected chi connectivity index (χ2v) is 9.43.